The standard InChI is InChI=1S/C14H16BrN3O2/c1-7-8(2)14(16)18-17-12(7)9-5-6-10(19-3)11(15)13(9)20-4/h5-6H,1-4H3,(H2,16,18). The van der Waals surface area contributed by atoms with Crippen LogP contribution in [0.1, 0.15) is 11.1 Å². The van der Waals surface area contributed by atoms with Crippen LogP contribution in [0.3, 0.4) is 0 Å². The molecule has 1 aromatic heterocycles. The van der Waals surface area contributed by atoms with Crippen molar-refractivity contribution in [1.29, 1.82) is 0 Å². The molecule has 0 aliphatic carbocycles. The monoisotopic (exact) mass is 337 g/mol. The van der Waals surface area contributed by atoms with Crippen LogP contribution in [0, 0.1) is 13.8 Å². The first-order valence-corrected chi connectivity index (χ1v) is 6.80. The van der Waals surface area contributed by atoms with E-state index in [9.17, 15) is 0 Å². The molecule has 0 bridgehead atoms. The summed E-state index contributed by atoms with van der Waals surface area (Å²) in [4.78, 5) is 0. The van der Waals surface area contributed by atoms with Crippen LogP contribution in [0.4, 0.5) is 5.82 Å². The van der Waals surface area contributed by atoms with E-state index in [1.54, 1.807) is 14.2 Å². The highest BCUT2D eigenvalue weighted by Crippen LogP contribution is 2.42. The van der Waals surface area contributed by atoms with Crippen molar-refractivity contribution in [3.05, 3.63) is 27.7 Å². The number of rotatable bonds is 3. The Balaban J connectivity index is 2.70. The molecule has 20 heavy (non-hydrogen) atoms. The number of nitrogen functional groups attached to an aromatic ring is 1. The van der Waals surface area contributed by atoms with Crippen molar-refractivity contribution >= 4 is 21.7 Å². The van der Waals surface area contributed by atoms with Gasteiger partial charge in [-0.15, -0.1) is 10.2 Å². The third-order valence-corrected chi connectivity index (χ3v) is 4.05. The minimum atomic E-state index is 0.442. The lowest BCUT2D eigenvalue weighted by Crippen LogP contribution is -2.03. The molecule has 0 saturated carbocycles. The van der Waals surface area contributed by atoms with Crippen molar-refractivity contribution < 1.29 is 9.47 Å². The summed E-state index contributed by atoms with van der Waals surface area (Å²) in [5.74, 6) is 1.80. The second kappa shape index (κ2) is 5.66. The molecule has 0 aliphatic heterocycles. The largest absolute Gasteiger partial charge is 0.495 e. The first kappa shape index (κ1) is 14.6. The topological polar surface area (TPSA) is 70.3 Å². The van der Waals surface area contributed by atoms with E-state index in [2.05, 4.69) is 26.1 Å². The van der Waals surface area contributed by atoms with Crippen molar-refractivity contribution in [2.75, 3.05) is 20.0 Å². The molecule has 0 amide bonds. The average molecular weight is 338 g/mol. The predicted molar refractivity (Wildman–Crippen MR) is 82.2 cm³/mol. The van der Waals surface area contributed by atoms with Gasteiger partial charge in [-0.2, -0.15) is 0 Å². The van der Waals surface area contributed by atoms with Crippen molar-refractivity contribution in [3.63, 3.8) is 0 Å². The molecule has 2 rings (SSSR count). The normalized spacial score (nSPS) is 10.4. The van der Waals surface area contributed by atoms with E-state index in [0.717, 1.165) is 26.9 Å². The number of methoxy groups -OCH3 is 2. The van der Waals surface area contributed by atoms with Gasteiger partial charge in [0.05, 0.1) is 14.2 Å². The average Bonchev–Trinajstić information content (AvgIpc) is 2.45. The van der Waals surface area contributed by atoms with E-state index in [0.29, 0.717) is 17.3 Å². The highest BCUT2D eigenvalue weighted by Gasteiger charge is 2.18. The van der Waals surface area contributed by atoms with Crippen molar-refractivity contribution in [2.45, 2.75) is 13.8 Å². The van der Waals surface area contributed by atoms with Gasteiger partial charge in [-0.25, -0.2) is 0 Å². The fraction of sp³-hybridized carbons (Fsp3) is 0.286. The van der Waals surface area contributed by atoms with Crippen LogP contribution in [-0.4, -0.2) is 24.4 Å². The van der Waals surface area contributed by atoms with Gasteiger partial charge in [0.15, 0.2) is 0 Å². The maximum atomic E-state index is 5.78. The molecule has 1 aromatic carbocycles. The van der Waals surface area contributed by atoms with E-state index >= 15 is 0 Å². The Morgan fingerprint density at radius 3 is 2.35 bits per heavy atom. The predicted octanol–water partition coefficient (Wildman–Crippen LogP) is 3.12. The van der Waals surface area contributed by atoms with Gasteiger partial charge in [0.25, 0.3) is 0 Å². The van der Waals surface area contributed by atoms with Crippen molar-refractivity contribution in [2.24, 2.45) is 0 Å². The number of ether oxygens (including phenoxy) is 2. The van der Waals surface area contributed by atoms with Crippen LogP contribution >= 0.6 is 15.9 Å². The number of nitrogens with two attached hydrogens (primary N) is 1. The quantitative estimate of drug-likeness (QED) is 0.931. The van der Waals surface area contributed by atoms with Crippen LogP contribution < -0.4 is 15.2 Å². The summed E-state index contributed by atoms with van der Waals surface area (Å²) in [7, 11) is 3.22. The molecule has 0 unspecified atom stereocenters. The Hall–Kier alpha value is -1.82. The zero-order valence-corrected chi connectivity index (χ0v) is 13.4. The van der Waals surface area contributed by atoms with E-state index < -0.39 is 0 Å². The zero-order chi connectivity index (χ0) is 14.9. The molecule has 106 valence electrons. The summed E-state index contributed by atoms with van der Waals surface area (Å²) in [6.45, 7) is 3.89. The van der Waals surface area contributed by atoms with Crippen LogP contribution in [0.2, 0.25) is 0 Å². The van der Waals surface area contributed by atoms with Gasteiger partial charge in [-0.05, 0) is 53.0 Å². The van der Waals surface area contributed by atoms with E-state index in [-0.39, 0.29) is 0 Å². The lowest BCUT2D eigenvalue weighted by Gasteiger charge is -2.15. The fourth-order valence-corrected chi connectivity index (χ4v) is 2.63. The summed E-state index contributed by atoms with van der Waals surface area (Å²) in [6.07, 6.45) is 0. The molecule has 0 atom stereocenters. The summed E-state index contributed by atoms with van der Waals surface area (Å²) >= 11 is 3.48. The number of aromatic nitrogens is 2. The maximum absolute atomic E-state index is 5.78. The molecule has 1 heterocycles. The smallest absolute Gasteiger partial charge is 0.149 e. The molecule has 2 N–H and O–H groups in total. The minimum Gasteiger partial charge on any atom is -0.495 e. The summed E-state index contributed by atoms with van der Waals surface area (Å²) < 4.78 is 11.5. The number of hydrogen-bond donors (Lipinski definition) is 1. The van der Waals surface area contributed by atoms with E-state index in [4.69, 9.17) is 15.2 Å². The Kier molecular flexibility index (Phi) is 4.13. The first-order valence-electron chi connectivity index (χ1n) is 6.01. The summed E-state index contributed by atoms with van der Waals surface area (Å²) in [6, 6.07) is 3.75. The van der Waals surface area contributed by atoms with Gasteiger partial charge < -0.3 is 15.2 Å². The van der Waals surface area contributed by atoms with Gasteiger partial charge in [0.2, 0.25) is 0 Å². The summed E-state index contributed by atoms with van der Waals surface area (Å²) in [5.41, 5.74) is 9.27. The van der Waals surface area contributed by atoms with Gasteiger partial charge >= 0.3 is 0 Å². The zero-order valence-electron chi connectivity index (χ0n) is 11.8. The molecule has 0 fully saturated rings. The third kappa shape index (κ3) is 2.31. The van der Waals surface area contributed by atoms with Crippen LogP contribution in [0.15, 0.2) is 16.6 Å². The van der Waals surface area contributed by atoms with Gasteiger partial charge in [0, 0.05) is 5.56 Å². The third-order valence-electron chi connectivity index (χ3n) is 3.30. The Labute approximate surface area is 126 Å². The Morgan fingerprint density at radius 1 is 1.05 bits per heavy atom. The second-order valence-electron chi connectivity index (χ2n) is 4.35. The number of halogens is 1. The number of hydrogen-bond acceptors (Lipinski definition) is 5. The highest BCUT2D eigenvalue weighted by molar-refractivity contribution is 9.10. The fourth-order valence-electron chi connectivity index (χ4n) is 1.96. The number of nitrogens with zero attached hydrogens (tertiary/aromatic N) is 2. The molecular formula is C14H16BrN3O2. The molecular weight excluding hydrogens is 322 g/mol. The highest BCUT2D eigenvalue weighted by atomic mass is 79.9. The Morgan fingerprint density at radius 2 is 1.75 bits per heavy atom. The van der Waals surface area contributed by atoms with Gasteiger partial charge in [0.1, 0.15) is 27.5 Å². The number of anilines is 1. The van der Waals surface area contributed by atoms with Crippen LogP contribution in [-0.2, 0) is 0 Å². The molecule has 5 nitrogen and oxygen atoms in total. The van der Waals surface area contributed by atoms with E-state index in [1.165, 1.54) is 0 Å². The van der Waals surface area contributed by atoms with E-state index in [1.807, 2.05) is 26.0 Å². The summed E-state index contributed by atoms with van der Waals surface area (Å²) in [5, 5.41) is 8.19. The van der Waals surface area contributed by atoms with Crippen LogP contribution in [0.25, 0.3) is 11.3 Å². The Bertz CT molecular complexity index is 659. The molecule has 0 aliphatic rings. The molecule has 0 spiro atoms. The maximum Gasteiger partial charge on any atom is 0.149 e. The molecule has 0 saturated heterocycles. The first-order chi connectivity index (χ1) is 9.51. The molecule has 2 aromatic rings. The van der Waals surface area contributed by atoms with Gasteiger partial charge in [-0.1, -0.05) is 0 Å². The van der Waals surface area contributed by atoms with Gasteiger partial charge in [-0.3, -0.25) is 0 Å². The molecule has 6 heteroatoms. The minimum absolute atomic E-state index is 0.442. The van der Waals surface area contributed by atoms with Crippen LogP contribution in [0.5, 0.6) is 11.5 Å². The SMILES string of the molecule is COc1ccc(-c2nnc(N)c(C)c2C)c(OC)c1Br. The second-order valence-corrected chi connectivity index (χ2v) is 5.14. The molecule has 0 radical (unpaired) electrons. The van der Waals surface area contributed by atoms with Crippen molar-refractivity contribution in [3.8, 4) is 22.8 Å². The lowest BCUT2D eigenvalue weighted by molar-refractivity contribution is 0.390. The van der Waals surface area contributed by atoms with Crippen molar-refractivity contribution in [1.82, 2.24) is 10.2 Å². The number of benzene rings is 1. The lowest BCUT2D eigenvalue weighted by atomic mass is 10.0.